The van der Waals surface area contributed by atoms with Crippen LogP contribution < -0.4 is 5.32 Å². The number of aromatic hydroxyl groups is 1. The van der Waals surface area contributed by atoms with Crippen LogP contribution in [0.3, 0.4) is 0 Å². The topological polar surface area (TPSA) is 58.0 Å². The summed E-state index contributed by atoms with van der Waals surface area (Å²) in [6.07, 6.45) is 1.91. The number of aromatic nitrogens is 2. The van der Waals surface area contributed by atoms with Crippen molar-refractivity contribution in [3.63, 3.8) is 0 Å². The van der Waals surface area contributed by atoms with Gasteiger partial charge in [-0.05, 0) is 46.6 Å². The Bertz CT molecular complexity index is 570. The third-order valence-electron chi connectivity index (χ3n) is 2.77. The normalized spacial score (nSPS) is 10.5. The van der Waals surface area contributed by atoms with E-state index in [9.17, 15) is 5.11 Å². The van der Waals surface area contributed by atoms with Gasteiger partial charge in [0.05, 0.1) is 10.2 Å². The lowest BCUT2D eigenvalue weighted by molar-refractivity contribution is 0.475. The minimum atomic E-state index is 0.239. The van der Waals surface area contributed by atoms with Gasteiger partial charge >= 0.3 is 0 Å². The Morgan fingerprint density at radius 3 is 2.47 bits per heavy atom. The van der Waals surface area contributed by atoms with Crippen molar-refractivity contribution in [3.05, 3.63) is 34.4 Å². The zero-order valence-electron chi connectivity index (χ0n) is 10.9. The molecule has 0 saturated carbocycles. The lowest BCUT2D eigenvalue weighted by atomic mass is 10.2. The number of halogens is 1. The Hall–Kier alpha value is -1.62. The number of hydrogen-bond donors (Lipinski definition) is 2. The van der Waals surface area contributed by atoms with E-state index in [2.05, 4.69) is 38.1 Å². The number of hydrogen-bond acceptors (Lipinski definition) is 4. The first kappa shape index (κ1) is 13.8. The standard InChI is InChI=1S/C14H16BrN3O/c1-3-4-11-12(15)14(16-2)18-13(17-11)9-5-7-10(19)8-6-9/h5-8,19H,3-4H2,1-2H3,(H,16,17,18). The summed E-state index contributed by atoms with van der Waals surface area (Å²) in [6, 6.07) is 6.90. The summed E-state index contributed by atoms with van der Waals surface area (Å²) >= 11 is 3.53. The maximum absolute atomic E-state index is 9.33. The van der Waals surface area contributed by atoms with E-state index in [4.69, 9.17) is 0 Å². The van der Waals surface area contributed by atoms with E-state index >= 15 is 0 Å². The monoisotopic (exact) mass is 321 g/mol. The predicted octanol–water partition coefficient (Wildman–Crippen LogP) is 3.61. The Labute approximate surface area is 121 Å². The van der Waals surface area contributed by atoms with E-state index in [-0.39, 0.29) is 5.75 Å². The van der Waals surface area contributed by atoms with Crippen molar-refractivity contribution in [2.45, 2.75) is 19.8 Å². The highest BCUT2D eigenvalue weighted by Gasteiger charge is 2.12. The number of nitrogens with one attached hydrogen (secondary N) is 1. The van der Waals surface area contributed by atoms with Crippen molar-refractivity contribution in [1.29, 1.82) is 0 Å². The van der Waals surface area contributed by atoms with Crippen LogP contribution in [0.5, 0.6) is 5.75 Å². The van der Waals surface area contributed by atoms with Crippen molar-refractivity contribution in [1.82, 2.24) is 9.97 Å². The van der Waals surface area contributed by atoms with Crippen molar-refractivity contribution in [2.24, 2.45) is 0 Å². The average Bonchev–Trinajstić information content (AvgIpc) is 2.42. The highest BCUT2D eigenvalue weighted by molar-refractivity contribution is 9.10. The first-order chi connectivity index (χ1) is 9.15. The molecule has 0 saturated heterocycles. The Morgan fingerprint density at radius 2 is 1.89 bits per heavy atom. The highest BCUT2D eigenvalue weighted by Crippen LogP contribution is 2.28. The molecule has 1 heterocycles. The predicted molar refractivity (Wildman–Crippen MR) is 80.4 cm³/mol. The van der Waals surface area contributed by atoms with Crippen molar-refractivity contribution >= 4 is 21.7 Å². The van der Waals surface area contributed by atoms with E-state index in [0.717, 1.165) is 34.4 Å². The summed E-state index contributed by atoms with van der Waals surface area (Å²) in [4.78, 5) is 9.07. The molecule has 0 unspecified atom stereocenters. The number of phenolic OH excluding ortho intramolecular Hbond substituents is 1. The molecule has 4 nitrogen and oxygen atoms in total. The second-order valence-corrected chi connectivity index (χ2v) is 5.00. The van der Waals surface area contributed by atoms with E-state index in [1.54, 1.807) is 12.1 Å². The van der Waals surface area contributed by atoms with E-state index in [1.807, 2.05) is 19.2 Å². The van der Waals surface area contributed by atoms with Crippen molar-refractivity contribution in [3.8, 4) is 17.1 Å². The van der Waals surface area contributed by atoms with Crippen molar-refractivity contribution < 1.29 is 5.11 Å². The largest absolute Gasteiger partial charge is 0.508 e. The molecule has 1 aromatic heterocycles. The summed E-state index contributed by atoms with van der Waals surface area (Å²) in [7, 11) is 1.84. The Balaban J connectivity index is 2.51. The number of aryl methyl sites for hydroxylation is 1. The molecule has 2 rings (SSSR count). The smallest absolute Gasteiger partial charge is 0.161 e. The zero-order valence-corrected chi connectivity index (χ0v) is 12.5. The molecular formula is C14H16BrN3O. The van der Waals surface area contributed by atoms with Crippen LogP contribution in [-0.2, 0) is 6.42 Å². The van der Waals surface area contributed by atoms with Gasteiger partial charge in [0, 0.05) is 12.6 Å². The number of phenols is 1. The van der Waals surface area contributed by atoms with Gasteiger partial charge in [0.2, 0.25) is 0 Å². The maximum atomic E-state index is 9.33. The molecule has 0 radical (unpaired) electrons. The molecule has 0 aliphatic carbocycles. The number of nitrogens with zero attached hydrogens (tertiary/aromatic N) is 2. The third kappa shape index (κ3) is 3.04. The third-order valence-corrected chi connectivity index (χ3v) is 3.60. The van der Waals surface area contributed by atoms with Gasteiger partial charge in [0.25, 0.3) is 0 Å². The molecule has 0 bridgehead atoms. The minimum absolute atomic E-state index is 0.239. The second kappa shape index (κ2) is 6.02. The van der Waals surface area contributed by atoms with Gasteiger partial charge in [-0.1, -0.05) is 13.3 Å². The first-order valence-electron chi connectivity index (χ1n) is 6.19. The van der Waals surface area contributed by atoms with Crippen molar-refractivity contribution in [2.75, 3.05) is 12.4 Å². The van der Waals surface area contributed by atoms with E-state index in [0.29, 0.717) is 5.82 Å². The first-order valence-corrected chi connectivity index (χ1v) is 6.98. The Kier molecular flexibility index (Phi) is 4.37. The van der Waals surface area contributed by atoms with Gasteiger partial charge in [0.1, 0.15) is 11.6 Å². The summed E-state index contributed by atoms with van der Waals surface area (Å²) in [6.45, 7) is 2.12. The fourth-order valence-corrected chi connectivity index (χ4v) is 2.38. The zero-order chi connectivity index (χ0) is 13.8. The summed E-state index contributed by atoms with van der Waals surface area (Å²) < 4.78 is 0.916. The van der Waals surface area contributed by atoms with Gasteiger partial charge in [-0.25, -0.2) is 9.97 Å². The van der Waals surface area contributed by atoms with E-state index in [1.165, 1.54) is 0 Å². The van der Waals surface area contributed by atoms with Crippen LogP contribution in [0, 0.1) is 0 Å². The van der Waals surface area contributed by atoms with Crippen LogP contribution in [0.2, 0.25) is 0 Å². The molecule has 0 fully saturated rings. The molecule has 0 amide bonds. The molecule has 2 aromatic rings. The van der Waals surface area contributed by atoms with Crippen LogP contribution in [-0.4, -0.2) is 22.1 Å². The number of anilines is 1. The minimum Gasteiger partial charge on any atom is -0.508 e. The number of rotatable bonds is 4. The van der Waals surface area contributed by atoms with Crippen LogP contribution in [0.15, 0.2) is 28.7 Å². The number of benzene rings is 1. The fourth-order valence-electron chi connectivity index (χ4n) is 1.80. The lowest BCUT2D eigenvalue weighted by Crippen LogP contribution is -2.03. The molecule has 0 spiro atoms. The van der Waals surface area contributed by atoms with Gasteiger partial charge in [0.15, 0.2) is 5.82 Å². The van der Waals surface area contributed by atoms with Crippen LogP contribution in [0.1, 0.15) is 19.0 Å². The Morgan fingerprint density at radius 1 is 1.21 bits per heavy atom. The van der Waals surface area contributed by atoms with Crippen LogP contribution in [0.25, 0.3) is 11.4 Å². The quantitative estimate of drug-likeness (QED) is 0.903. The molecule has 0 aliphatic rings. The molecule has 2 N–H and O–H groups in total. The molecule has 100 valence electrons. The average molecular weight is 322 g/mol. The summed E-state index contributed by atoms with van der Waals surface area (Å²) in [5, 5.41) is 12.4. The molecular weight excluding hydrogens is 306 g/mol. The van der Waals surface area contributed by atoms with Gasteiger partial charge in [-0.2, -0.15) is 0 Å². The highest BCUT2D eigenvalue weighted by atomic mass is 79.9. The van der Waals surface area contributed by atoms with Gasteiger partial charge in [-0.3, -0.25) is 0 Å². The molecule has 5 heteroatoms. The summed E-state index contributed by atoms with van der Waals surface area (Å²) in [5.74, 6) is 1.68. The molecule has 1 aromatic carbocycles. The molecule has 0 aliphatic heterocycles. The van der Waals surface area contributed by atoms with E-state index < -0.39 is 0 Å². The van der Waals surface area contributed by atoms with Gasteiger partial charge in [-0.15, -0.1) is 0 Å². The molecule has 19 heavy (non-hydrogen) atoms. The lowest BCUT2D eigenvalue weighted by Gasteiger charge is -2.10. The SMILES string of the molecule is CCCc1nc(-c2ccc(O)cc2)nc(NC)c1Br. The maximum Gasteiger partial charge on any atom is 0.161 e. The van der Waals surface area contributed by atoms with Crippen LogP contribution >= 0.6 is 15.9 Å². The van der Waals surface area contributed by atoms with Gasteiger partial charge < -0.3 is 10.4 Å². The second-order valence-electron chi connectivity index (χ2n) is 4.20. The molecule has 0 atom stereocenters. The summed E-state index contributed by atoms with van der Waals surface area (Å²) in [5.41, 5.74) is 1.88. The van der Waals surface area contributed by atoms with Crippen LogP contribution in [0.4, 0.5) is 5.82 Å². The fraction of sp³-hybridized carbons (Fsp3) is 0.286.